The van der Waals surface area contributed by atoms with Gasteiger partial charge in [-0.1, -0.05) is 44.2 Å². The minimum Gasteiger partial charge on any atom is -0.325 e. The maximum atomic E-state index is 11.7. The monoisotopic (exact) mass is 580 g/mol. The smallest absolute Gasteiger partial charge is 0.147 e. The maximum absolute atomic E-state index is 11.7. The van der Waals surface area contributed by atoms with E-state index in [2.05, 4.69) is 38.6 Å². The summed E-state index contributed by atoms with van der Waals surface area (Å²) in [6.45, 7) is 1.96. The van der Waals surface area contributed by atoms with Crippen molar-refractivity contribution in [3.8, 4) is 0 Å². The number of benzene rings is 1. The van der Waals surface area contributed by atoms with Crippen LogP contribution in [0.1, 0.15) is 108 Å². The van der Waals surface area contributed by atoms with E-state index in [0.717, 1.165) is 61.4 Å². The first kappa shape index (κ1) is 28.3. The second-order valence-corrected chi connectivity index (χ2v) is 16.9. The molecular formula is C34H52N4O2S. The summed E-state index contributed by atoms with van der Waals surface area (Å²) in [4.78, 5) is 10.9. The number of likely N-dealkylation sites (tertiary alicyclic amines) is 1. The van der Waals surface area contributed by atoms with Crippen LogP contribution in [0.15, 0.2) is 24.3 Å². The number of hydrogen-bond acceptors (Lipinski definition) is 5. The number of para-hydroxylation sites is 2. The number of hydrogen-bond donors (Lipinski definition) is 0. The Labute approximate surface area is 248 Å². The lowest BCUT2D eigenvalue weighted by Crippen LogP contribution is -2.58. The zero-order chi connectivity index (χ0) is 28.0. The summed E-state index contributed by atoms with van der Waals surface area (Å²) >= 11 is 0. The lowest BCUT2D eigenvalue weighted by Gasteiger charge is -2.54. The predicted molar refractivity (Wildman–Crippen MR) is 167 cm³/mol. The first-order chi connectivity index (χ1) is 19.9. The van der Waals surface area contributed by atoms with Gasteiger partial charge < -0.3 is 4.57 Å². The van der Waals surface area contributed by atoms with E-state index in [9.17, 15) is 8.42 Å². The number of piperidine rings is 2. The lowest BCUT2D eigenvalue weighted by atomic mass is 9.73. The Morgan fingerprint density at radius 3 is 2.27 bits per heavy atom. The molecule has 5 aliphatic rings. The first-order valence-corrected chi connectivity index (χ1v) is 19.1. The average Bonchev–Trinajstić information content (AvgIpc) is 3.48. The highest BCUT2D eigenvalue weighted by molar-refractivity contribution is 7.90. The molecule has 4 bridgehead atoms. The molecule has 0 N–H and O–H groups in total. The van der Waals surface area contributed by atoms with Gasteiger partial charge in [0.05, 0.1) is 16.8 Å². The lowest BCUT2D eigenvalue weighted by molar-refractivity contribution is -0.0420. The molecule has 7 atom stereocenters. The minimum absolute atomic E-state index is 0.290. The normalized spacial score (nSPS) is 35.1. The second-order valence-electron chi connectivity index (χ2n) is 14.6. The molecule has 6 nitrogen and oxygen atoms in total. The Kier molecular flexibility index (Phi) is 8.24. The predicted octanol–water partition coefficient (Wildman–Crippen LogP) is 6.39. The molecule has 226 valence electrons. The van der Waals surface area contributed by atoms with Gasteiger partial charge >= 0.3 is 0 Å². The van der Waals surface area contributed by atoms with Crippen LogP contribution in [0.2, 0.25) is 0 Å². The van der Waals surface area contributed by atoms with Crippen LogP contribution in [-0.2, 0) is 16.3 Å². The fraction of sp³-hybridized carbons (Fsp3) is 0.794. The van der Waals surface area contributed by atoms with Gasteiger partial charge in [0.2, 0.25) is 0 Å². The average molecular weight is 581 g/mol. The van der Waals surface area contributed by atoms with Gasteiger partial charge in [-0.3, -0.25) is 9.80 Å². The van der Waals surface area contributed by atoms with E-state index in [0.29, 0.717) is 17.8 Å². The van der Waals surface area contributed by atoms with Gasteiger partial charge in [0.1, 0.15) is 15.7 Å². The standard InChI is InChI=1S/C34H52N4O2S/c1-41(39,40)18-8-17-36-16-7-13-27(36)24-34-35-32-14-4-5-15-33(32)38(34)31-22-28-11-6-12-29(23-31)37(28)30-20-25-9-2-3-10-26(19-25)21-30/h4-5,14-15,25-31H,2-3,6-13,16-24H2,1H3/t25-,26+,27-,28-,29+,30?,31?/m0/s1. The van der Waals surface area contributed by atoms with E-state index in [1.165, 1.54) is 107 Å². The topological polar surface area (TPSA) is 58.4 Å². The van der Waals surface area contributed by atoms with Gasteiger partial charge in [0.15, 0.2) is 0 Å². The quantitative estimate of drug-likeness (QED) is 0.362. The molecule has 41 heavy (non-hydrogen) atoms. The Balaban J connectivity index is 1.11. The largest absolute Gasteiger partial charge is 0.325 e. The van der Waals surface area contributed by atoms with E-state index in [-0.39, 0.29) is 0 Å². The summed E-state index contributed by atoms with van der Waals surface area (Å²) in [5.74, 6) is 3.52. The Morgan fingerprint density at radius 1 is 0.805 bits per heavy atom. The molecule has 0 spiro atoms. The van der Waals surface area contributed by atoms with Crippen molar-refractivity contribution in [1.82, 2.24) is 19.4 Å². The van der Waals surface area contributed by atoms with Crippen LogP contribution in [0, 0.1) is 11.8 Å². The molecule has 1 aromatic heterocycles. The van der Waals surface area contributed by atoms with E-state index in [4.69, 9.17) is 4.98 Å². The minimum atomic E-state index is -2.90. The Hall–Kier alpha value is -1.44. The van der Waals surface area contributed by atoms with Crippen molar-refractivity contribution in [3.63, 3.8) is 0 Å². The number of imidazole rings is 1. The van der Waals surface area contributed by atoms with Crippen LogP contribution in [0.5, 0.6) is 0 Å². The third kappa shape index (κ3) is 6.15. The molecule has 3 aliphatic heterocycles. The fourth-order valence-electron chi connectivity index (χ4n) is 10.1. The summed E-state index contributed by atoms with van der Waals surface area (Å²) in [5.41, 5.74) is 2.47. The molecule has 2 saturated carbocycles. The van der Waals surface area contributed by atoms with Gasteiger partial charge in [-0.05, 0) is 101 Å². The number of sulfone groups is 1. The number of fused-ring (bicyclic) bond motifs is 5. The maximum Gasteiger partial charge on any atom is 0.147 e. The molecule has 1 aromatic carbocycles. The Morgan fingerprint density at radius 2 is 1.54 bits per heavy atom. The highest BCUT2D eigenvalue weighted by atomic mass is 32.2. The highest BCUT2D eigenvalue weighted by Gasteiger charge is 2.45. The van der Waals surface area contributed by atoms with E-state index < -0.39 is 9.84 Å². The number of nitrogens with zero attached hydrogens (tertiary/aromatic N) is 4. The molecule has 7 heteroatoms. The van der Waals surface area contributed by atoms with Gasteiger partial charge in [0.25, 0.3) is 0 Å². The third-order valence-corrected chi connectivity index (χ3v) is 12.7. The molecule has 0 amide bonds. The van der Waals surface area contributed by atoms with Crippen LogP contribution < -0.4 is 0 Å². The van der Waals surface area contributed by atoms with Crippen molar-refractivity contribution in [2.75, 3.05) is 25.1 Å². The molecular weight excluding hydrogens is 528 g/mol. The van der Waals surface area contributed by atoms with E-state index >= 15 is 0 Å². The molecule has 2 aromatic rings. The van der Waals surface area contributed by atoms with Crippen molar-refractivity contribution in [2.24, 2.45) is 11.8 Å². The second kappa shape index (κ2) is 11.9. The van der Waals surface area contributed by atoms with Crippen molar-refractivity contribution in [1.29, 1.82) is 0 Å². The van der Waals surface area contributed by atoms with Gasteiger partial charge in [-0.2, -0.15) is 0 Å². The van der Waals surface area contributed by atoms with E-state index in [1.807, 2.05) is 0 Å². The highest BCUT2D eigenvalue weighted by Crippen LogP contribution is 2.47. The first-order valence-electron chi connectivity index (χ1n) is 17.1. The third-order valence-electron chi connectivity index (χ3n) is 11.7. The summed E-state index contributed by atoms with van der Waals surface area (Å²) in [6.07, 6.45) is 22.5. The van der Waals surface area contributed by atoms with Crippen LogP contribution in [-0.4, -0.2) is 77.0 Å². The molecule has 2 aliphatic carbocycles. The van der Waals surface area contributed by atoms with Crippen molar-refractivity contribution in [2.45, 2.75) is 133 Å². The van der Waals surface area contributed by atoms with E-state index in [1.54, 1.807) is 0 Å². The Bertz CT molecular complexity index is 1280. The molecule has 3 saturated heterocycles. The fourth-order valence-corrected chi connectivity index (χ4v) is 10.8. The van der Waals surface area contributed by atoms with Crippen LogP contribution in [0.3, 0.4) is 0 Å². The zero-order valence-electron chi connectivity index (χ0n) is 25.3. The van der Waals surface area contributed by atoms with Crippen molar-refractivity contribution in [3.05, 3.63) is 30.1 Å². The van der Waals surface area contributed by atoms with Crippen LogP contribution in [0.25, 0.3) is 11.0 Å². The van der Waals surface area contributed by atoms with Crippen molar-refractivity contribution < 1.29 is 8.42 Å². The molecule has 2 unspecified atom stereocenters. The van der Waals surface area contributed by atoms with Gasteiger partial charge in [0, 0.05) is 42.9 Å². The van der Waals surface area contributed by atoms with Crippen LogP contribution in [0.4, 0.5) is 0 Å². The molecule has 5 fully saturated rings. The zero-order valence-corrected chi connectivity index (χ0v) is 26.1. The van der Waals surface area contributed by atoms with Crippen molar-refractivity contribution >= 4 is 20.9 Å². The number of aromatic nitrogens is 2. The summed E-state index contributed by atoms with van der Waals surface area (Å²) < 4.78 is 26.2. The molecule has 0 radical (unpaired) electrons. The van der Waals surface area contributed by atoms with Gasteiger partial charge in [-0.25, -0.2) is 13.4 Å². The molecule has 7 rings (SSSR count). The van der Waals surface area contributed by atoms with Crippen LogP contribution >= 0.6 is 0 Å². The SMILES string of the molecule is CS(=O)(=O)CCCN1CCC[C@H]1Cc1nc2ccccc2n1C1C[C@H]2CCC[C@@H](C1)N2C1C[C@H]2CCCC[C@@H](C1)C2. The summed E-state index contributed by atoms with van der Waals surface area (Å²) in [7, 11) is -2.90. The number of rotatable bonds is 8. The molecule has 4 heterocycles. The summed E-state index contributed by atoms with van der Waals surface area (Å²) in [5, 5.41) is 0. The summed E-state index contributed by atoms with van der Waals surface area (Å²) in [6, 6.07) is 12.1. The van der Waals surface area contributed by atoms with Gasteiger partial charge in [-0.15, -0.1) is 0 Å².